The third kappa shape index (κ3) is 1.92. The van der Waals surface area contributed by atoms with E-state index >= 15 is 0 Å². The Morgan fingerprint density at radius 2 is 1.68 bits per heavy atom. The van der Waals surface area contributed by atoms with Crippen molar-refractivity contribution < 1.29 is 0 Å². The van der Waals surface area contributed by atoms with E-state index in [0.29, 0.717) is 0 Å². The van der Waals surface area contributed by atoms with Gasteiger partial charge in [0, 0.05) is 31.9 Å². The van der Waals surface area contributed by atoms with E-state index in [1.165, 1.54) is 27.9 Å². The first-order valence-electron chi connectivity index (χ1n) is 7.04. The van der Waals surface area contributed by atoms with Gasteiger partial charge in [0.05, 0.1) is 0 Å². The van der Waals surface area contributed by atoms with Gasteiger partial charge in [0.1, 0.15) is 0 Å². The first-order chi connectivity index (χ1) is 9.40. The van der Waals surface area contributed by atoms with Gasteiger partial charge < -0.3 is 10.2 Å². The summed E-state index contributed by atoms with van der Waals surface area (Å²) in [6.45, 7) is 4.22. The molecule has 4 rings (SSSR count). The van der Waals surface area contributed by atoms with Crippen LogP contribution in [0, 0.1) is 0 Å². The van der Waals surface area contributed by atoms with Gasteiger partial charge in [-0.25, -0.2) is 0 Å². The fourth-order valence-corrected chi connectivity index (χ4v) is 3.19. The van der Waals surface area contributed by atoms with E-state index in [9.17, 15) is 0 Å². The Hall–Kier alpha value is -1.80. The van der Waals surface area contributed by atoms with Crippen LogP contribution in [0.25, 0.3) is 0 Å². The first kappa shape index (κ1) is 11.1. The SMILES string of the molecule is c1ccc2c(c1)CCN(c1ccc3c(c1)CNC3)C2. The van der Waals surface area contributed by atoms with Crippen LogP contribution in [0.3, 0.4) is 0 Å². The highest BCUT2D eigenvalue weighted by atomic mass is 15.1. The molecule has 0 saturated carbocycles. The second kappa shape index (κ2) is 4.39. The average Bonchev–Trinajstić information content (AvgIpc) is 2.94. The van der Waals surface area contributed by atoms with E-state index in [0.717, 1.165) is 32.6 Å². The number of nitrogens with one attached hydrogen (secondary N) is 1. The van der Waals surface area contributed by atoms with Gasteiger partial charge in [0.2, 0.25) is 0 Å². The Labute approximate surface area is 114 Å². The number of anilines is 1. The van der Waals surface area contributed by atoms with Crippen LogP contribution in [-0.4, -0.2) is 6.54 Å². The highest BCUT2D eigenvalue weighted by molar-refractivity contribution is 5.54. The van der Waals surface area contributed by atoms with Crippen molar-refractivity contribution in [2.45, 2.75) is 26.1 Å². The molecule has 2 aliphatic heterocycles. The summed E-state index contributed by atoms with van der Waals surface area (Å²) in [5, 5.41) is 3.41. The quantitative estimate of drug-likeness (QED) is 0.837. The highest BCUT2D eigenvalue weighted by Gasteiger charge is 2.18. The van der Waals surface area contributed by atoms with Crippen molar-refractivity contribution >= 4 is 5.69 Å². The molecule has 2 nitrogen and oxygen atoms in total. The summed E-state index contributed by atoms with van der Waals surface area (Å²) in [5.74, 6) is 0. The van der Waals surface area contributed by atoms with Gasteiger partial charge in [-0.15, -0.1) is 0 Å². The Morgan fingerprint density at radius 1 is 0.842 bits per heavy atom. The summed E-state index contributed by atoms with van der Waals surface area (Å²) in [4.78, 5) is 2.50. The van der Waals surface area contributed by atoms with Crippen LogP contribution in [0.1, 0.15) is 22.3 Å². The maximum Gasteiger partial charge on any atom is 0.0432 e. The fraction of sp³-hybridized carbons (Fsp3) is 0.294. The lowest BCUT2D eigenvalue weighted by Gasteiger charge is -2.31. The molecule has 0 aromatic heterocycles. The molecule has 0 saturated heterocycles. The minimum absolute atomic E-state index is 1.02. The van der Waals surface area contributed by atoms with Gasteiger partial charge >= 0.3 is 0 Å². The first-order valence-corrected chi connectivity index (χ1v) is 7.04. The molecular formula is C17H18N2. The number of rotatable bonds is 1. The van der Waals surface area contributed by atoms with Crippen LogP contribution < -0.4 is 10.2 Å². The molecule has 0 spiro atoms. The molecule has 2 aromatic rings. The van der Waals surface area contributed by atoms with E-state index in [-0.39, 0.29) is 0 Å². The van der Waals surface area contributed by atoms with Gasteiger partial charge in [0.25, 0.3) is 0 Å². The van der Waals surface area contributed by atoms with Crippen LogP contribution in [0.2, 0.25) is 0 Å². The lowest BCUT2D eigenvalue weighted by atomic mass is 9.99. The zero-order valence-electron chi connectivity index (χ0n) is 11.0. The van der Waals surface area contributed by atoms with Gasteiger partial charge in [-0.2, -0.15) is 0 Å². The van der Waals surface area contributed by atoms with Crippen molar-refractivity contribution in [1.82, 2.24) is 5.32 Å². The largest absolute Gasteiger partial charge is 0.367 e. The molecule has 0 atom stereocenters. The van der Waals surface area contributed by atoms with Crippen LogP contribution in [0.5, 0.6) is 0 Å². The number of hydrogen-bond donors (Lipinski definition) is 1. The van der Waals surface area contributed by atoms with Crippen LogP contribution in [-0.2, 0) is 26.1 Å². The zero-order chi connectivity index (χ0) is 12.7. The molecule has 0 unspecified atom stereocenters. The summed E-state index contributed by atoms with van der Waals surface area (Å²) >= 11 is 0. The molecular weight excluding hydrogens is 232 g/mol. The molecule has 2 heteroatoms. The number of hydrogen-bond acceptors (Lipinski definition) is 2. The van der Waals surface area contributed by atoms with Gasteiger partial charge in [-0.3, -0.25) is 0 Å². The minimum Gasteiger partial charge on any atom is -0.367 e. The maximum atomic E-state index is 3.41. The molecule has 2 aliphatic rings. The second-order valence-corrected chi connectivity index (χ2v) is 5.50. The topological polar surface area (TPSA) is 15.3 Å². The van der Waals surface area contributed by atoms with E-state index in [1.807, 2.05) is 0 Å². The van der Waals surface area contributed by atoms with Crippen molar-refractivity contribution in [3.8, 4) is 0 Å². The lowest BCUT2D eigenvalue weighted by Crippen LogP contribution is -2.30. The number of benzene rings is 2. The molecule has 1 N–H and O–H groups in total. The van der Waals surface area contributed by atoms with Gasteiger partial charge in [-0.1, -0.05) is 30.3 Å². The lowest BCUT2D eigenvalue weighted by molar-refractivity contribution is 0.731. The summed E-state index contributed by atoms with van der Waals surface area (Å²) in [6.07, 6.45) is 1.16. The monoisotopic (exact) mass is 250 g/mol. The number of fused-ring (bicyclic) bond motifs is 2. The predicted octanol–water partition coefficient (Wildman–Crippen LogP) is 2.85. The van der Waals surface area contributed by atoms with Gasteiger partial charge in [0.15, 0.2) is 0 Å². The summed E-state index contributed by atoms with van der Waals surface area (Å²) in [6, 6.07) is 15.7. The van der Waals surface area contributed by atoms with Crippen molar-refractivity contribution in [2.75, 3.05) is 11.4 Å². The normalized spacial score (nSPS) is 17.2. The molecule has 2 aromatic carbocycles. The summed E-state index contributed by atoms with van der Waals surface area (Å²) < 4.78 is 0. The Balaban J connectivity index is 1.64. The van der Waals surface area contributed by atoms with Crippen molar-refractivity contribution in [2.24, 2.45) is 0 Å². The minimum atomic E-state index is 1.02. The summed E-state index contributed by atoms with van der Waals surface area (Å²) in [7, 11) is 0. The average molecular weight is 250 g/mol. The molecule has 96 valence electrons. The maximum absolute atomic E-state index is 3.41. The zero-order valence-corrected chi connectivity index (χ0v) is 11.0. The van der Waals surface area contributed by atoms with E-state index < -0.39 is 0 Å². The highest BCUT2D eigenvalue weighted by Crippen LogP contribution is 2.27. The van der Waals surface area contributed by atoms with Crippen LogP contribution in [0.4, 0.5) is 5.69 Å². The Bertz CT molecular complexity index is 618. The molecule has 2 heterocycles. The van der Waals surface area contributed by atoms with E-state index in [2.05, 4.69) is 52.7 Å². The molecule has 0 amide bonds. The Morgan fingerprint density at radius 3 is 2.63 bits per heavy atom. The fourth-order valence-electron chi connectivity index (χ4n) is 3.19. The predicted molar refractivity (Wildman–Crippen MR) is 78.2 cm³/mol. The standard InChI is InChI=1S/C17H18N2/c1-2-4-15-12-19(8-7-13(15)3-1)17-6-5-14-10-18-11-16(14)9-17/h1-6,9,18H,7-8,10-12H2. The van der Waals surface area contributed by atoms with Crippen molar-refractivity contribution in [3.05, 3.63) is 64.7 Å². The molecule has 0 fully saturated rings. The summed E-state index contributed by atoms with van der Waals surface area (Å²) in [5.41, 5.74) is 7.29. The smallest absolute Gasteiger partial charge is 0.0432 e. The van der Waals surface area contributed by atoms with E-state index in [4.69, 9.17) is 0 Å². The van der Waals surface area contributed by atoms with Crippen LogP contribution in [0.15, 0.2) is 42.5 Å². The second-order valence-electron chi connectivity index (χ2n) is 5.50. The molecule has 0 aliphatic carbocycles. The third-order valence-electron chi connectivity index (χ3n) is 4.32. The molecule has 0 bridgehead atoms. The third-order valence-corrected chi connectivity index (χ3v) is 4.32. The van der Waals surface area contributed by atoms with Crippen molar-refractivity contribution in [1.29, 1.82) is 0 Å². The van der Waals surface area contributed by atoms with Crippen molar-refractivity contribution in [3.63, 3.8) is 0 Å². The molecule has 0 radical (unpaired) electrons. The molecule has 19 heavy (non-hydrogen) atoms. The number of nitrogens with zero attached hydrogens (tertiary/aromatic N) is 1. The Kier molecular flexibility index (Phi) is 2.56. The van der Waals surface area contributed by atoms with Crippen LogP contribution >= 0.6 is 0 Å². The van der Waals surface area contributed by atoms with E-state index in [1.54, 1.807) is 0 Å². The van der Waals surface area contributed by atoms with Gasteiger partial charge in [-0.05, 0) is 40.8 Å².